The standard InChI is InChI=1S/C24H28F3NO6/c1-5-6-13-32-23(30)34-21-15(3)28(18-11-12-18)14(2)20(33-22(29)31-4)19(21)16-7-9-17(10-8-16)24(25,26)27/h7-10,18-19H,5-6,11-13H2,1-4H3. The first-order valence-electron chi connectivity index (χ1n) is 11.1. The van der Waals surface area contributed by atoms with Crippen LogP contribution in [0.4, 0.5) is 22.8 Å². The van der Waals surface area contributed by atoms with Crippen LogP contribution in [0.1, 0.15) is 63.5 Å². The number of methoxy groups -OCH3 is 1. The van der Waals surface area contributed by atoms with Gasteiger partial charge in [0.15, 0.2) is 0 Å². The molecule has 0 bridgehead atoms. The van der Waals surface area contributed by atoms with E-state index in [-0.39, 0.29) is 24.2 Å². The van der Waals surface area contributed by atoms with Crippen LogP contribution in [0.2, 0.25) is 0 Å². The van der Waals surface area contributed by atoms with Gasteiger partial charge in [-0.15, -0.1) is 0 Å². The molecule has 1 atom stereocenters. The van der Waals surface area contributed by atoms with Crippen LogP contribution < -0.4 is 0 Å². The quantitative estimate of drug-likeness (QED) is 0.325. The highest BCUT2D eigenvalue weighted by Crippen LogP contribution is 2.47. The first-order valence-corrected chi connectivity index (χ1v) is 11.1. The van der Waals surface area contributed by atoms with E-state index in [0.717, 1.165) is 38.5 Å². The number of unbranched alkanes of at least 4 members (excludes halogenated alkanes) is 1. The molecular formula is C24H28F3NO6. The van der Waals surface area contributed by atoms with E-state index < -0.39 is 30.0 Å². The normalized spacial score (nSPS) is 18.7. The lowest BCUT2D eigenvalue weighted by atomic mass is 9.89. The molecule has 2 aliphatic rings. The zero-order chi connectivity index (χ0) is 25.0. The molecule has 1 aliphatic heterocycles. The van der Waals surface area contributed by atoms with Crippen molar-refractivity contribution in [2.75, 3.05) is 13.7 Å². The van der Waals surface area contributed by atoms with E-state index in [1.54, 1.807) is 13.8 Å². The van der Waals surface area contributed by atoms with Gasteiger partial charge < -0.3 is 23.8 Å². The summed E-state index contributed by atoms with van der Waals surface area (Å²) in [5.74, 6) is -0.728. The van der Waals surface area contributed by atoms with Gasteiger partial charge in [-0.05, 0) is 50.8 Å². The monoisotopic (exact) mass is 483 g/mol. The minimum atomic E-state index is -4.51. The van der Waals surface area contributed by atoms with Crippen LogP contribution in [0.5, 0.6) is 0 Å². The van der Waals surface area contributed by atoms with Crippen LogP contribution in [0.25, 0.3) is 0 Å². The number of benzene rings is 1. The highest BCUT2D eigenvalue weighted by Gasteiger charge is 2.43. The zero-order valence-corrected chi connectivity index (χ0v) is 19.5. The number of alkyl halides is 3. The number of rotatable bonds is 7. The first-order chi connectivity index (χ1) is 16.1. The molecule has 0 saturated heterocycles. The van der Waals surface area contributed by atoms with E-state index in [1.165, 1.54) is 12.1 Å². The van der Waals surface area contributed by atoms with E-state index >= 15 is 0 Å². The lowest BCUT2D eigenvalue weighted by molar-refractivity contribution is -0.137. The highest BCUT2D eigenvalue weighted by atomic mass is 19.4. The summed E-state index contributed by atoms with van der Waals surface area (Å²) >= 11 is 0. The number of ether oxygens (including phenoxy) is 4. The Hall–Kier alpha value is -3.17. The molecule has 0 spiro atoms. The zero-order valence-electron chi connectivity index (χ0n) is 19.5. The molecule has 1 unspecified atom stereocenters. The Kier molecular flexibility index (Phi) is 7.78. The number of hydrogen-bond acceptors (Lipinski definition) is 7. The van der Waals surface area contributed by atoms with Gasteiger partial charge in [-0.1, -0.05) is 25.5 Å². The lowest BCUT2D eigenvalue weighted by Crippen LogP contribution is -2.34. The average Bonchev–Trinajstić information content (AvgIpc) is 3.62. The molecule has 1 aliphatic carbocycles. The van der Waals surface area contributed by atoms with E-state index in [2.05, 4.69) is 4.74 Å². The summed E-state index contributed by atoms with van der Waals surface area (Å²) in [5, 5.41) is 0. The van der Waals surface area contributed by atoms with Gasteiger partial charge in [0.25, 0.3) is 0 Å². The molecular weight excluding hydrogens is 455 g/mol. The topological polar surface area (TPSA) is 74.3 Å². The lowest BCUT2D eigenvalue weighted by Gasteiger charge is -2.37. The third kappa shape index (κ3) is 5.66. The number of hydrogen-bond donors (Lipinski definition) is 0. The second kappa shape index (κ2) is 10.4. The van der Waals surface area contributed by atoms with Crippen LogP contribution in [0, 0.1) is 0 Å². The van der Waals surface area contributed by atoms with E-state index in [4.69, 9.17) is 14.2 Å². The minimum absolute atomic E-state index is 0.112. The van der Waals surface area contributed by atoms with Gasteiger partial charge in [0.05, 0.1) is 30.7 Å². The van der Waals surface area contributed by atoms with Gasteiger partial charge in [-0.3, -0.25) is 0 Å². The Balaban J connectivity index is 2.07. The molecule has 0 amide bonds. The summed E-state index contributed by atoms with van der Waals surface area (Å²) in [4.78, 5) is 26.4. The second-order valence-electron chi connectivity index (χ2n) is 8.16. The van der Waals surface area contributed by atoms with Gasteiger partial charge in [0.2, 0.25) is 0 Å². The molecule has 0 radical (unpaired) electrons. The van der Waals surface area contributed by atoms with Crippen LogP contribution in [-0.2, 0) is 25.1 Å². The molecule has 0 N–H and O–H groups in total. The van der Waals surface area contributed by atoms with Crippen LogP contribution in [-0.4, -0.2) is 37.0 Å². The van der Waals surface area contributed by atoms with E-state index in [0.29, 0.717) is 23.4 Å². The van der Waals surface area contributed by atoms with Crippen molar-refractivity contribution >= 4 is 12.3 Å². The van der Waals surface area contributed by atoms with Gasteiger partial charge in [-0.25, -0.2) is 9.59 Å². The summed E-state index contributed by atoms with van der Waals surface area (Å²) < 4.78 is 60.3. The van der Waals surface area contributed by atoms with Crippen LogP contribution in [0.15, 0.2) is 47.2 Å². The third-order valence-corrected chi connectivity index (χ3v) is 5.71. The maximum atomic E-state index is 13.1. The predicted octanol–water partition coefficient (Wildman–Crippen LogP) is 6.47. The maximum absolute atomic E-state index is 13.1. The summed E-state index contributed by atoms with van der Waals surface area (Å²) in [6.07, 6.45) is -3.20. The molecule has 1 heterocycles. The van der Waals surface area contributed by atoms with Crippen molar-refractivity contribution in [3.8, 4) is 0 Å². The van der Waals surface area contributed by atoms with Gasteiger partial charge in [-0.2, -0.15) is 13.2 Å². The van der Waals surface area contributed by atoms with Crippen molar-refractivity contribution in [1.29, 1.82) is 0 Å². The minimum Gasteiger partial charge on any atom is -0.437 e. The summed E-state index contributed by atoms with van der Waals surface area (Å²) in [5.41, 5.74) is 0.693. The number of carbonyl (C=O) groups excluding carboxylic acids is 2. The average molecular weight is 483 g/mol. The van der Waals surface area contributed by atoms with Crippen molar-refractivity contribution in [3.05, 3.63) is 58.3 Å². The molecule has 10 heteroatoms. The van der Waals surface area contributed by atoms with Crippen LogP contribution in [0.3, 0.4) is 0 Å². The van der Waals surface area contributed by atoms with Gasteiger partial charge in [0.1, 0.15) is 17.4 Å². The third-order valence-electron chi connectivity index (χ3n) is 5.71. The summed E-state index contributed by atoms with van der Waals surface area (Å²) in [6.45, 7) is 5.61. The fourth-order valence-electron chi connectivity index (χ4n) is 3.89. The second-order valence-corrected chi connectivity index (χ2v) is 8.16. The van der Waals surface area contributed by atoms with Crippen LogP contribution >= 0.6 is 0 Å². The Morgan fingerprint density at radius 2 is 1.56 bits per heavy atom. The number of allylic oxidation sites excluding steroid dienone is 2. The van der Waals surface area contributed by atoms with Crippen molar-refractivity contribution in [3.63, 3.8) is 0 Å². The Bertz CT molecular complexity index is 979. The fourth-order valence-corrected chi connectivity index (χ4v) is 3.89. The Morgan fingerprint density at radius 1 is 1.00 bits per heavy atom. The molecule has 1 fully saturated rings. The Morgan fingerprint density at radius 3 is 2.03 bits per heavy atom. The van der Waals surface area contributed by atoms with Crippen molar-refractivity contribution in [2.24, 2.45) is 0 Å². The number of halogens is 3. The maximum Gasteiger partial charge on any atom is 0.513 e. The van der Waals surface area contributed by atoms with E-state index in [1.807, 2.05) is 11.8 Å². The molecule has 0 aromatic heterocycles. The SMILES string of the molecule is CCCCOC(=O)OC1=C(C)N(C2CC2)C(C)=C(OC(=O)OC)C1c1ccc(C(F)(F)F)cc1. The van der Waals surface area contributed by atoms with Gasteiger partial charge >= 0.3 is 18.5 Å². The van der Waals surface area contributed by atoms with Crippen molar-refractivity contribution < 1.29 is 41.7 Å². The molecule has 186 valence electrons. The number of carbonyl (C=O) groups is 2. The molecule has 34 heavy (non-hydrogen) atoms. The largest absolute Gasteiger partial charge is 0.513 e. The first kappa shape index (κ1) is 25.5. The fraction of sp³-hybridized carbons (Fsp3) is 0.500. The molecule has 1 aromatic carbocycles. The highest BCUT2D eigenvalue weighted by molar-refractivity contribution is 5.65. The molecule has 7 nitrogen and oxygen atoms in total. The van der Waals surface area contributed by atoms with Gasteiger partial charge in [0, 0.05) is 6.04 Å². The van der Waals surface area contributed by atoms with Crippen molar-refractivity contribution in [2.45, 2.75) is 64.6 Å². The van der Waals surface area contributed by atoms with E-state index in [9.17, 15) is 22.8 Å². The molecule has 1 aromatic rings. The summed E-state index contributed by atoms with van der Waals surface area (Å²) in [7, 11) is 1.15. The summed E-state index contributed by atoms with van der Waals surface area (Å²) in [6, 6.07) is 4.53. The van der Waals surface area contributed by atoms with Crippen molar-refractivity contribution in [1.82, 2.24) is 4.90 Å². The Labute approximate surface area is 196 Å². The smallest absolute Gasteiger partial charge is 0.437 e. The number of nitrogens with zero attached hydrogens (tertiary/aromatic N) is 1. The molecule has 1 saturated carbocycles. The molecule has 3 rings (SSSR count). The predicted molar refractivity (Wildman–Crippen MR) is 115 cm³/mol.